The van der Waals surface area contributed by atoms with E-state index in [2.05, 4.69) is 0 Å². The second kappa shape index (κ2) is 5.94. The summed E-state index contributed by atoms with van der Waals surface area (Å²) in [6.45, 7) is 3.98. The van der Waals surface area contributed by atoms with Crippen LogP contribution in [0.3, 0.4) is 0 Å². The van der Waals surface area contributed by atoms with Gasteiger partial charge < -0.3 is 0 Å². The Bertz CT molecular complexity index is 867. The molecule has 0 spiro atoms. The molecule has 0 N–H and O–H groups in total. The summed E-state index contributed by atoms with van der Waals surface area (Å²) < 4.78 is 23.6. The molecule has 1 amide bonds. The number of aryl methyl sites for hydroxylation is 2. The number of hydrogen-bond donors (Lipinski definition) is 0. The summed E-state index contributed by atoms with van der Waals surface area (Å²) in [6.07, 6.45) is 1.59. The van der Waals surface area contributed by atoms with Gasteiger partial charge in [0.05, 0.1) is 16.7 Å². The van der Waals surface area contributed by atoms with Gasteiger partial charge in [-0.05, 0) is 54.6 Å². The third-order valence-electron chi connectivity index (χ3n) is 3.96. The molecule has 0 bridgehead atoms. The van der Waals surface area contributed by atoms with Crippen LogP contribution >= 0.6 is 11.3 Å². The quantitative estimate of drug-likeness (QED) is 0.856. The summed E-state index contributed by atoms with van der Waals surface area (Å²) in [4.78, 5) is 15.1. The molecule has 2 aromatic rings. The molecule has 0 fully saturated rings. The van der Waals surface area contributed by atoms with Crippen LogP contribution in [0.1, 0.15) is 20.8 Å². The number of thiophene rings is 1. The predicted octanol–water partition coefficient (Wildman–Crippen LogP) is 3.32. The first-order chi connectivity index (χ1) is 10.9. The lowest BCUT2D eigenvalue weighted by molar-refractivity contribution is 0.0987. The van der Waals surface area contributed by atoms with Gasteiger partial charge in [-0.25, -0.2) is 8.42 Å². The maximum absolute atomic E-state index is 12.9. The van der Waals surface area contributed by atoms with Gasteiger partial charge in [0.15, 0.2) is 9.84 Å². The fraction of sp³-hybridized carbons (Fsp3) is 0.235. The average molecular weight is 347 g/mol. The third kappa shape index (κ3) is 3.23. The topological polar surface area (TPSA) is 54.5 Å². The van der Waals surface area contributed by atoms with Crippen molar-refractivity contribution in [3.63, 3.8) is 0 Å². The van der Waals surface area contributed by atoms with E-state index in [1.165, 1.54) is 16.7 Å². The molecule has 2 heterocycles. The Morgan fingerprint density at radius 2 is 2.00 bits per heavy atom. The number of hydrogen-bond acceptors (Lipinski definition) is 4. The molecule has 1 aromatic carbocycles. The largest absolute Gasteiger partial charge is 0.300 e. The summed E-state index contributed by atoms with van der Waals surface area (Å²) in [5, 5.41) is 3.04. The van der Waals surface area contributed by atoms with Gasteiger partial charge in [-0.2, -0.15) is 0 Å². The van der Waals surface area contributed by atoms with Gasteiger partial charge >= 0.3 is 0 Å². The zero-order chi connectivity index (χ0) is 16.6. The molecule has 0 aliphatic carbocycles. The summed E-state index contributed by atoms with van der Waals surface area (Å²) >= 11 is 1.36. The molecule has 1 aromatic heterocycles. The van der Waals surface area contributed by atoms with Gasteiger partial charge in [-0.1, -0.05) is 12.1 Å². The first-order valence-electron chi connectivity index (χ1n) is 7.23. The number of anilines is 1. The summed E-state index contributed by atoms with van der Waals surface area (Å²) in [5.74, 6) is -0.244. The lowest BCUT2D eigenvalue weighted by Gasteiger charge is -2.27. The van der Waals surface area contributed by atoms with Gasteiger partial charge in [-0.3, -0.25) is 9.69 Å². The van der Waals surface area contributed by atoms with Gasteiger partial charge in [0.1, 0.15) is 0 Å². The van der Waals surface area contributed by atoms with Crippen molar-refractivity contribution in [2.24, 2.45) is 0 Å². The van der Waals surface area contributed by atoms with Crippen molar-refractivity contribution in [2.45, 2.75) is 19.9 Å². The van der Waals surface area contributed by atoms with Crippen LogP contribution in [-0.4, -0.2) is 26.1 Å². The third-order valence-corrected chi connectivity index (χ3v) is 6.20. The molecular formula is C17H17NO3S2. The fourth-order valence-corrected chi connectivity index (χ4v) is 4.50. The Morgan fingerprint density at radius 3 is 2.57 bits per heavy atom. The number of nitrogens with zero attached hydrogens (tertiary/aromatic N) is 1. The van der Waals surface area contributed by atoms with Crippen molar-refractivity contribution in [3.8, 4) is 0 Å². The van der Waals surface area contributed by atoms with Crippen molar-refractivity contribution in [3.05, 3.63) is 63.2 Å². The van der Waals surface area contributed by atoms with Gasteiger partial charge in [0, 0.05) is 11.1 Å². The number of carbonyl (C=O) groups excluding carboxylic acids is 1. The maximum Gasteiger partial charge on any atom is 0.268 e. The average Bonchev–Trinajstić information content (AvgIpc) is 3.13. The van der Waals surface area contributed by atoms with Crippen molar-refractivity contribution in [2.75, 3.05) is 10.7 Å². The van der Waals surface area contributed by atoms with E-state index in [9.17, 15) is 13.2 Å². The number of carbonyl (C=O) groups is 1. The van der Waals surface area contributed by atoms with Crippen molar-refractivity contribution >= 4 is 32.8 Å². The van der Waals surface area contributed by atoms with Crippen LogP contribution in [0, 0.1) is 13.8 Å². The Kier molecular flexibility index (Phi) is 4.12. The first kappa shape index (κ1) is 16.0. The minimum Gasteiger partial charge on any atom is -0.300 e. The van der Waals surface area contributed by atoms with Crippen molar-refractivity contribution < 1.29 is 13.2 Å². The van der Waals surface area contributed by atoms with E-state index in [1.807, 2.05) is 43.5 Å². The predicted molar refractivity (Wildman–Crippen MR) is 93.8 cm³/mol. The molecule has 0 radical (unpaired) electrons. The molecular weight excluding hydrogens is 330 g/mol. The highest BCUT2D eigenvalue weighted by Crippen LogP contribution is 2.27. The molecule has 1 aliphatic rings. The van der Waals surface area contributed by atoms with Crippen molar-refractivity contribution in [1.29, 1.82) is 0 Å². The first-order valence-corrected chi connectivity index (χ1v) is 9.82. The van der Waals surface area contributed by atoms with Crippen LogP contribution in [0.5, 0.6) is 0 Å². The van der Waals surface area contributed by atoms with Crippen LogP contribution in [0.4, 0.5) is 5.69 Å². The smallest absolute Gasteiger partial charge is 0.268 e. The van der Waals surface area contributed by atoms with Crippen LogP contribution in [0.2, 0.25) is 0 Å². The molecule has 4 nitrogen and oxygen atoms in total. The van der Waals surface area contributed by atoms with E-state index in [-0.39, 0.29) is 11.7 Å². The van der Waals surface area contributed by atoms with E-state index in [4.69, 9.17) is 0 Å². The standard InChI is InChI=1S/C17H17NO3S2/c1-12-5-6-14(10-13(12)2)18(15-7-9-23(20,21)11-15)17(19)16-4-3-8-22-16/h3-10,15H,11H2,1-2H3/t15-/m0/s1. The number of amides is 1. The molecule has 0 saturated heterocycles. The van der Waals surface area contributed by atoms with Crippen molar-refractivity contribution in [1.82, 2.24) is 0 Å². The second-order valence-electron chi connectivity index (χ2n) is 5.65. The molecule has 3 rings (SSSR count). The summed E-state index contributed by atoms with van der Waals surface area (Å²) in [7, 11) is -3.24. The van der Waals surface area contributed by atoms with E-state index in [0.29, 0.717) is 4.88 Å². The SMILES string of the molecule is Cc1ccc(N(C(=O)c2cccs2)[C@H]2C=CS(=O)(=O)C2)cc1C. The lowest BCUT2D eigenvalue weighted by atomic mass is 10.1. The molecule has 0 unspecified atom stereocenters. The Morgan fingerprint density at radius 1 is 1.22 bits per heavy atom. The summed E-state index contributed by atoms with van der Waals surface area (Å²) in [6, 6.07) is 8.85. The zero-order valence-corrected chi connectivity index (χ0v) is 14.5. The molecule has 23 heavy (non-hydrogen) atoms. The Balaban J connectivity index is 2.05. The Labute approximate surface area is 140 Å². The van der Waals surface area contributed by atoms with E-state index < -0.39 is 15.9 Å². The monoisotopic (exact) mass is 347 g/mol. The fourth-order valence-electron chi connectivity index (χ4n) is 2.57. The number of sulfone groups is 1. The number of benzene rings is 1. The number of rotatable bonds is 3. The van der Waals surface area contributed by atoms with Crippen LogP contribution in [-0.2, 0) is 9.84 Å². The van der Waals surface area contributed by atoms with E-state index >= 15 is 0 Å². The highest BCUT2D eigenvalue weighted by atomic mass is 32.2. The second-order valence-corrected chi connectivity index (χ2v) is 8.53. The van der Waals surface area contributed by atoms with Crippen LogP contribution in [0.25, 0.3) is 0 Å². The highest BCUT2D eigenvalue weighted by Gasteiger charge is 2.32. The minimum absolute atomic E-state index is 0.0724. The minimum atomic E-state index is -3.24. The normalized spacial score (nSPS) is 19.0. The van der Waals surface area contributed by atoms with Crippen LogP contribution in [0.15, 0.2) is 47.2 Å². The molecule has 1 atom stereocenters. The zero-order valence-electron chi connectivity index (χ0n) is 12.9. The Hall–Kier alpha value is -1.92. The maximum atomic E-state index is 12.9. The van der Waals surface area contributed by atoms with E-state index in [0.717, 1.165) is 16.8 Å². The lowest BCUT2D eigenvalue weighted by Crippen LogP contribution is -2.41. The molecule has 120 valence electrons. The molecule has 0 saturated carbocycles. The van der Waals surface area contributed by atoms with Gasteiger partial charge in [-0.15, -0.1) is 11.3 Å². The molecule has 1 aliphatic heterocycles. The van der Waals surface area contributed by atoms with Gasteiger partial charge in [0.25, 0.3) is 5.91 Å². The highest BCUT2D eigenvalue weighted by molar-refractivity contribution is 7.94. The van der Waals surface area contributed by atoms with Gasteiger partial charge in [0.2, 0.25) is 0 Å². The summed E-state index contributed by atoms with van der Waals surface area (Å²) in [5.41, 5.74) is 2.92. The van der Waals surface area contributed by atoms with E-state index in [1.54, 1.807) is 17.0 Å². The molecule has 6 heteroatoms. The van der Waals surface area contributed by atoms with Crippen LogP contribution < -0.4 is 4.90 Å².